The summed E-state index contributed by atoms with van der Waals surface area (Å²) in [7, 11) is 3.87. The summed E-state index contributed by atoms with van der Waals surface area (Å²) in [6.45, 7) is 4.23. The molecule has 0 radical (unpaired) electrons. The number of carbonyl (C=O) groups excluding carboxylic acids is 1. The van der Waals surface area contributed by atoms with Crippen molar-refractivity contribution in [3.8, 4) is 5.75 Å². The fourth-order valence-corrected chi connectivity index (χ4v) is 3.02. The highest BCUT2D eigenvalue weighted by Crippen LogP contribution is 2.40. The third-order valence-electron chi connectivity index (χ3n) is 3.55. The van der Waals surface area contributed by atoms with Crippen LogP contribution in [0.25, 0.3) is 0 Å². The van der Waals surface area contributed by atoms with Gasteiger partial charge in [0, 0.05) is 20.0 Å². The monoisotopic (exact) mass is 390 g/mol. The van der Waals surface area contributed by atoms with Crippen molar-refractivity contribution in [1.29, 1.82) is 0 Å². The van der Waals surface area contributed by atoms with Gasteiger partial charge < -0.3 is 15.0 Å². The fourth-order valence-electron chi connectivity index (χ4n) is 2.21. The van der Waals surface area contributed by atoms with Gasteiger partial charge in [-0.3, -0.25) is 4.79 Å². The second-order valence-corrected chi connectivity index (χ2v) is 6.88. The van der Waals surface area contributed by atoms with Gasteiger partial charge in [0.1, 0.15) is 12.4 Å². The lowest BCUT2D eigenvalue weighted by Gasteiger charge is -2.22. The van der Waals surface area contributed by atoms with Crippen LogP contribution >= 0.6 is 15.9 Å². The van der Waals surface area contributed by atoms with E-state index in [1.54, 1.807) is 0 Å². The molecule has 24 heavy (non-hydrogen) atoms. The smallest absolute Gasteiger partial charge is 0.226 e. The first-order valence-corrected chi connectivity index (χ1v) is 8.67. The molecule has 0 heterocycles. The van der Waals surface area contributed by atoms with E-state index in [1.807, 2.05) is 75.3 Å². The van der Waals surface area contributed by atoms with Crippen molar-refractivity contribution in [2.45, 2.75) is 20.5 Å². The highest BCUT2D eigenvalue weighted by atomic mass is 79.9. The SMILES string of the molecule is CC(C)C(=O)Nc1ccc(OCc2ccccc2)c(Br)c1N(C)C. The number of benzene rings is 2. The average molecular weight is 391 g/mol. The lowest BCUT2D eigenvalue weighted by Crippen LogP contribution is -2.20. The fraction of sp³-hybridized carbons (Fsp3) is 0.316. The normalized spacial score (nSPS) is 10.6. The summed E-state index contributed by atoms with van der Waals surface area (Å²) in [6, 6.07) is 13.8. The Balaban J connectivity index is 2.25. The molecule has 0 unspecified atom stereocenters. The number of nitrogens with one attached hydrogen (secondary N) is 1. The third-order valence-corrected chi connectivity index (χ3v) is 4.31. The van der Waals surface area contributed by atoms with E-state index >= 15 is 0 Å². The molecule has 0 saturated heterocycles. The molecule has 0 fully saturated rings. The lowest BCUT2D eigenvalue weighted by atomic mass is 10.2. The highest BCUT2D eigenvalue weighted by molar-refractivity contribution is 9.10. The maximum atomic E-state index is 12.0. The Morgan fingerprint density at radius 3 is 2.42 bits per heavy atom. The van der Waals surface area contributed by atoms with Crippen LogP contribution in [0, 0.1) is 5.92 Å². The van der Waals surface area contributed by atoms with E-state index in [0.29, 0.717) is 6.61 Å². The summed E-state index contributed by atoms with van der Waals surface area (Å²) >= 11 is 3.62. The molecular formula is C19H23BrN2O2. The van der Waals surface area contributed by atoms with Crippen molar-refractivity contribution < 1.29 is 9.53 Å². The topological polar surface area (TPSA) is 41.6 Å². The van der Waals surface area contributed by atoms with Gasteiger partial charge in [-0.15, -0.1) is 0 Å². The number of anilines is 2. The van der Waals surface area contributed by atoms with Gasteiger partial charge in [-0.05, 0) is 33.6 Å². The molecule has 0 spiro atoms. The van der Waals surface area contributed by atoms with Crippen molar-refractivity contribution in [3.63, 3.8) is 0 Å². The van der Waals surface area contributed by atoms with E-state index in [1.165, 1.54) is 0 Å². The molecule has 1 N–H and O–H groups in total. The van der Waals surface area contributed by atoms with Gasteiger partial charge in [0.15, 0.2) is 0 Å². The molecule has 0 aliphatic carbocycles. The summed E-state index contributed by atoms with van der Waals surface area (Å²) in [5, 5.41) is 2.97. The molecule has 0 bridgehead atoms. The van der Waals surface area contributed by atoms with Crippen molar-refractivity contribution in [1.82, 2.24) is 0 Å². The van der Waals surface area contributed by atoms with Crippen LogP contribution in [0.3, 0.4) is 0 Å². The highest BCUT2D eigenvalue weighted by Gasteiger charge is 2.17. The largest absolute Gasteiger partial charge is 0.488 e. The van der Waals surface area contributed by atoms with Crippen LogP contribution in [0.15, 0.2) is 46.9 Å². The van der Waals surface area contributed by atoms with Gasteiger partial charge >= 0.3 is 0 Å². The predicted octanol–water partition coefficient (Wildman–Crippen LogP) is 4.69. The van der Waals surface area contributed by atoms with Crippen molar-refractivity contribution in [2.75, 3.05) is 24.3 Å². The van der Waals surface area contributed by atoms with E-state index in [2.05, 4.69) is 21.2 Å². The number of amides is 1. The Kier molecular flexibility index (Phi) is 6.26. The molecule has 0 aliphatic heterocycles. The standard InChI is InChI=1S/C19H23BrN2O2/c1-13(2)19(23)21-15-10-11-16(17(20)18(15)22(3)4)24-12-14-8-6-5-7-9-14/h5-11,13H,12H2,1-4H3,(H,21,23). The number of carbonyl (C=O) groups is 1. The van der Waals surface area contributed by atoms with E-state index in [-0.39, 0.29) is 11.8 Å². The van der Waals surface area contributed by atoms with Crippen molar-refractivity contribution >= 4 is 33.2 Å². The second-order valence-electron chi connectivity index (χ2n) is 6.09. The van der Waals surface area contributed by atoms with E-state index in [9.17, 15) is 4.79 Å². The van der Waals surface area contributed by atoms with Crippen LogP contribution in [-0.4, -0.2) is 20.0 Å². The molecule has 4 nitrogen and oxygen atoms in total. The molecule has 5 heteroatoms. The number of rotatable bonds is 6. The Labute approximate surface area is 151 Å². The molecule has 128 valence electrons. The molecular weight excluding hydrogens is 368 g/mol. The first kappa shape index (κ1) is 18.3. The van der Waals surface area contributed by atoms with Crippen molar-refractivity contribution in [3.05, 3.63) is 52.5 Å². The molecule has 0 saturated carbocycles. The average Bonchev–Trinajstić information content (AvgIpc) is 2.54. The molecule has 2 aromatic carbocycles. The minimum absolute atomic E-state index is 0.0112. The minimum atomic E-state index is -0.0761. The molecule has 2 aromatic rings. The number of ether oxygens (including phenoxy) is 1. The van der Waals surface area contributed by atoms with Crippen LogP contribution in [0.5, 0.6) is 5.75 Å². The Morgan fingerprint density at radius 2 is 1.83 bits per heavy atom. The third kappa shape index (κ3) is 4.51. The summed E-state index contributed by atoms with van der Waals surface area (Å²) < 4.78 is 6.76. The van der Waals surface area contributed by atoms with Crippen LogP contribution in [0.2, 0.25) is 0 Å². The molecule has 0 atom stereocenters. The zero-order chi connectivity index (χ0) is 17.7. The molecule has 0 aromatic heterocycles. The van der Waals surface area contributed by atoms with Crippen LogP contribution in [0.1, 0.15) is 19.4 Å². The summed E-state index contributed by atoms with van der Waals surface area (Å²) in [5.41, 5.74) is 2.75. The Hall–Kier alpha value is -2.01. The summed E-state index contributed by atoms with van der Waals surface area (Å²) in [4.78, 5) is 14.0. The van der Waals surface area contributed by atoms with E-state index < -0.39 is 0 Å². The maximum Gasteiger partial charge on any atom is 0.226 e. The second kappa shape index (κ2) is 8.20. The summed E-state index contributed by atoms with van der Waals surface area (Å²) in [5.74, 6) is 0.654. The van der Waals surface area contributed by atoms with E-state index in [0.717, 1.165) is 27.2 Å². The quantitative estimate of drug-likeness (QED) is 0.777. The first-order valence-electron chi connectivity index (χ1n) is 7.87. The van der Waals surface area contributed by atoms with Gasteiger partial charge in [0.05, 0.1) is 15.8 Å². The number of nitrogens with zero attached hydrogens (tertiary/aromatic N) is 1. The molecule has 2 rings (SSSR count). The minimum Gasteiger partial charge on any atom is -0.488 e. The Bertz CT molecular complexity index is 700. The summed E-state index contributed by atoms with van der Waals surface area (Å²) in [6.07, 6.45) is 0. The van der Waals surface area contributed by atoms with Crippen LogP contribution in [-0.2, 0) is 11.4 Å². The van der Waals surface area contributed by atoms with Gasteiger partial charge in [0.2, 0.25) is 5.91 Å². The lowest BCUT2D eigenvalue weighted by molar-refractivity contribution is -0.118. The van der Waals surface area contributed by atoms with Crippen molar-refractivity contribution in [2.24, 2.45) is 5.92 Å². The number of halogens is 1. The number of hydrogen-bond donors (Lipinski definition) is 1. The Morgan fingerprint density at radius 1 is 1.17 bits per heavy atom. The maximum absolute atomic E-state index is 12.0. The molecule has 1 amide bonds. The van der Waals surface area contributed by atoms with Gasteiger partial charge in [-0.2, -0.15) is 0 Å². The first-order chi connectivity index (χ1) is 11.4. The molecule has 0 aliphatic rings. The van der Waals surface area contributed by atoms with Gasteiger partial charge in [-0.25, -0.2) is 0 Å². The van der Waals surface area contributed by atoms with Crippen LogP contribution in [0.4, 0.5) is 11.4 Å². The van der Waals surface area contributed by atoms with Crippen LogP contribution < -0.4 is 15.0 Å². The van der Waals surface area contributed by atoms with Gasteiger partial charge in [-0.1, -0.05) is 44.2 Å². The van der Waals surface area contributed by atoms with Gasteiger partial charge in [0.25, 0.3) is 0 Å². The predicted molar refractivity (Wildman–Crippen MR) is 103 cm³/mol. The van der Waals surface area contributed by atoms with E-state index in [4.69, 9.17) is 4.74 Å². The number of hydrogen-bond acceptors (Lipinski definition) is 3. The zero-order valence-electron chi connectivity index (χ0n) is 14.5. The zero-order valence-corrected chi connectivity index (χ0v) is 16.1.